The van der Waals surface area contributed by atoms with Gasteiger partial charge in [0, 0.05) is 13.1 Å². The zero-order valence-corrected chi connectivity index (χ0v) is 11.8. The van der Waals surface area contributed by atoms with Gasteiger partial charge in [0.05, 0.1) is 6.54 Å². The second-order valence-electron chi connectivity index (χ2n) is 4.30. The Bertz CT molecular complexity index is 360. The number of aliphatic carboxylic acids is 1. The standard InChI is InChI=1S/C10H22N2O5S/c1-4-6-12(7-5-2)18(16,17)11-8-10(3,15)9(13)14/h11,15H,4-8H2,1-3H3,(H,13,14). The van der Waals surface area contributed by atoms with E-state index in [0.717, 1.165) is 6.92 Å². The fourth-order valence-corrected chi connectivity index (χ4v) is 2.74. The lowest BCUT2D eigenvalue weighted by Gasteiger charge is -2.24. The number of hydrogen-bond donors (Lipinski definition) is 3. The van der Waals surface area contributed by atoms with Gasteiger partial charge in [0.1, 0.15) is 0 Å². The average Bonchev–Trinajstić information content (AvgIpc) is 2.26. The van der Waals surface area contributed by atoms with Crippen LogP contribution in [0.5, 0.6) is 0 Å². The zero-order valence-electron chi connectivity index (χ0n) is 11.0. The summed E-state index contributed by atoms with van der Waals surface area (Å²) in [6, 6.07) is 0. The molecular weight excluding hydrogens is 260 g/mol. The molecule has 0 bridgehead atoms. The number of hydrogen-bond acceptors (Lipinski definition) is 4. The monoisotopic (exact) mass is 282 g/mol. The minimum Gasteiger partial charge on any atom is -0.479 e. The van der Waals surface area contributed by atoms with Crippen molar-refractivity contribution in [3.05, 3.63) is 0 Å². The van der Waals surface area contributed by atoms with Crippen molar-refractivity contribution in [3.63, 3.8) is 0 Å². The van der Waals surface area contributed by atoms with Crippen LogP contribution < -0.4 is 4.72 Å². The summed E-state index contributed by atoms with van der Waals surface area (Å²) < 4.78 is 27.1. The first kappa shape index (κ1) is 17.3. The first-order valence-corrected chi connectivity index (χ1v) is 7.32. The highest BCUT2D eigenvalue weighted by Gasteiger charge is 2.32. The minimum atomic E-state index is -3.75. The lowest BCUT2D eigenvalue weighted by Crippen LogP contribution is -2.50. The van der Waals surface area contributed by atoms with Crippen LogP contribution in [0.25, 0.3) is 0 Å². The van der Waals surface area contributed by atoms with Gasteiger partial charge in [-0.05, 0) is 19.8 Å². The zero-order chi connectivity index (χ0) is 14.4. The molecule has 0 saturated heterocycles. The highest BCUT2D eigenvalue weighted by atomic mass is 32.2. The topological polar surface area (TPSA) is 107 Å². The Morgan fingerprint density at radius 3 is 2.06 bits per heavy atom. The summed E-state index contributed by atoms with van der Waals surface area (Å²) >= 11 is 0. The first-order chi connectivity index (χ1) is 8.17. The molecule has 18 heavy (non-hydrogen) atoms. The van der Waals surface area contributed by atoms with Crippen molar-refractivity contribution in [2.75, 3.05) is 19.6 Å². The largest absolute Gasteiger partial charge is 0.479 e. The molecule has 7 nitrogen and oxygen atoms in total. The Morgan fingerprint density at radius 2 is 1.72 bits per heavy atom. The van der Waals surface area contributed by atoms with Crippen LogP contribution in [0, 0.1) is 0 Å². The van der Waals surface area contributed by atoms with E-state index in [2.05, 4.69) is 4.72 Å². The first-order valence-electron chi connectivity index (χ1n) is 5.88. The van der Waals surface area contributed by atoms with Crippen molar-refractivity contribution < 1.29 is 23.4 Å². The lowest BCUT2D eigenvalue weighted by molar-refractivity contribution is -0.155. The summed E-state index contributed by atoms with van der Waals surface area (Å²) in [6.07, 6.45) is 1.33. The molecule has 1 atom stereocenters. The smallest absolute Gasteiger partial charge is 0.336 e. The van der Waals surface area contributed by atoms with E-state index in [-0.39, 0.29) is 0 Å². The van der Waals surface area contributed by atoms with Crippen molar-refractivity contribution >= 4 is 16.2 Å². The summed E-state index contributed by atoms with van der Waals surface area (Å²) in [7, 11) is -3.75. The number of carboxylic acids is 1. The summed E-state index contributed by atoms with van der Waals surface area (Å²) in [5.74, 6) is -1.47. The van der Waals surface area contributed by atoms with Crippen LogP contribution in [0.15, 0.2) is 0 Å². The third kappa shape index (κ3) is 5.30. The number of aliphatic hydroxyl groups is 1. The van der Waals surface area contributed by atoms with Gasteiger partial charge in [0.2, 0.25) is 0 Å². The highest BCUT2D eigenvalue weighted by molar-refractivity contribution is 7.87. The van der Waals surface area contributed by atoms with E-state index in [4.69, 9.17) is 5.11 Å². The Kier molecular flexibility index (Phi) is 6.76. The Hall–Kier alpha value is -0.700. The number of carboxylic acid groups (broad SMARTS) is 1. The quantitative estimate of drug-likeness (QED) is 0.542. The molecule has 1 unspecified atom stereocenters. The van der Waals surface area contributed by atoms with E-state index in [1.807, 2.05) is 13.8 Å². The molecule has 0 spiro atoms. The van der Waals surface area contributed by atoms with E-state index >= 15 is 0 Å². The molecular formula is C10H22N2O5S. The van der Waals surface area contributed by atoms with Gasteiger partial charge in [-0.1, -0.05) is 13.8 Å². The van der Waals surface area contributed by atoms with E-state index in [1.54, 1.807) is 0 Å². The fraction of sp³-hybridized carbons (Fsp3) is 0.900. The molecule has 3 N–H and O–H groups in total. The maximum atomic E-state index is 11.9. The molecule has 0 aromatic carbocycles. The Morgan fingerprint density at radius 1 is 1.28 bits per heavy atom. The molecule has 0 aromatic rings. The van der Waals surface area contributed by atoms with Gasteiger partial charge in [-0.25, -0.2) is 4.79 Å². The van der Waals surface area contributed by atoms with Crippen molar-refractivity contribution in [2.45, 2.75) is 39.2 Å². The second-order valence-corrected chi connectivity index (χ2v) is 6.06. The summed E-state index contributed by atoms with van der Waals surface area (Å²) in [5, 5.41) is 18.1. The predicted octanol–water partition coefficient (Wildman–Crippen LogP) is -0.222. The third-order valence-electron chi connectivity index (χ3n) is 2.35. The van der Waals surface area contributed by atoms with Gasteiger partial charge < -0.3 is 10.2 Å². The number of nitrogens with zero attached hydrogens (tertiary/aromatic N) is 1. The molecule has 0 heterocycles. The van der Waals surface area contributed by atoms with E-state index in [0.29, 0.717) is 25.9 Å². The van der Waals surface area contributed by atoms with Crippen LogP contribution in [0.2, 0.25) is 0 Å². The molecule has 8 heteroatoms. The number of carbonyl (C=O) groups is 1. The molecule has 0 rings (SSSR count). The van der Waals surface area contributed by atoms with Gasteiger partial charge in [-0.15, -0.1) is 0 Å². The maximum absolute atomic E-state index is 11.9. The van der Waals surface area contributed by atoms with Gasteiger partial charge in [-0.2, -0.15) is 17.4 Å². The van der Waals surface area contributed by atoms with Crippen molar-refractivity contribution in [1.29, 1.82) is 0 Å². The minimum absolute atomic E-state index is 0.360. The third-order valence-corrected chi connectivity index (χ3v) is 3.90. The summed E-state index contributed by atoms with van der Waals surface area (Å²) in [6.45, 7) is 4.91. The summed E-state index contributed by atoms with van der Waals surface area (Å²) in [5.41, 5.74) is -2.11. The van der Waals surface area contributed by atoms with Crippen LogP contribution in [0.1, 0.15) is 33.6 Å². The lowest BCUT2D eigenvalue weighted by atomic mass is 10.1. The molecule has 108 valence electrons. The predicted molar refractivity (Wildman–Crippen MR) is 67.3 cm³/mol. The summed E-state index contributed by atoms with van der Waals surface area (Å²) in [4.78, 5) is 10.7. The Labute approximate surface area is 108 Å². The molecule has 0 fully saturated rings. The van der Waals surface area contributed by atoms with Gasteiger partial charge >= 0.3 is 5.97 Å². The molecule has 0 aliphatic heterocycles. The van der Waals surface area contributed by atoms with Crippen LogP contribution in [0.4, 0.5) is 0 Å². The fourth-order valence-electron chi connectivity index (χ4n) is 1.25. The van der Waals surface area contributed by atoms with Crippen LogP contribution in [-0.2, 0) is 15.0 Å². The maximum Gasteiger partial charge on any atom is 0.336 e. The Balaban J connectivity index is 4.68. The van der Waals surface area contributed by atoms with E-state index in [9.17, 15) is 18.3 Å². The molecule has 0 saturated carbocycles. The molecule has 0 aliphatic rings. The molecule has 0 aliphatic carbocycles. The van der Waals surface area contributed by atoms with Gasteiger partial charge in [0.25, 0.3) is 10.2 Å². The second kappa shape index (κ2) is 7.03. The molecule has 0 radical (unpaired) electrons. The van der Waals surface area contributed by atoms with Gasteiger partial charge in [0.15, 0.2) is 5.60 Å². The van der Waals surface area contributed by atoms with Crippen molar-refractivity contribution in [3.8, 4) is 0 Å². The molecule has 0 aromatic heterocycles. The van der Waals surface area contributed by atoms with E-state index in [1.165, 1.54) is 4.31 Å². The number of rotatable bonds is 9. The van der Waals surface area contributed by atoms with E-state index < -0.39 is 28.3 Å². The van der Waals surface area contributed by atoms with Crippen LogP contribution in [-0.4, -0.2) is 54.1 Å². The SMILES string of the molecule is CCCN(CCC)S(=O)(=O)NCC(C)(O)C(=O)O. The van der Waals surface area contributed by atoms with Crippen LogP contribution >= 0.6 is 0 Å². The highest BCUT2D eigenvalue weighted by Crippen LogP contribution is 2.05. The normalized spacial score (nSPS) is 15.6. The average molecular weight is 282 g/mol. The number of nitrogens with one attached hydrogen (secondary N) is 1. The molecule has 0 amide bonds. The van der Waals surface area contributed by atoms with Crippen LogP contribution in [0.3, 0.4) is 0 Å². The van der Waals surface area contributed by atoms with Crippen molar-refractivity contribution in [2.24, 2.45) is 0 Å². The van der Waals surface area contributed by atoms with Gasteiger partial charge in [-0.3, -0.25) is 0 Å². The van der Waals surface area contributed by atoms with Crippen molar-refractivity contribution in [1.82, 2.24) is 9.03 Å².